The van der Waals surface area contributed by atoms with Crippen molar-refractivity contribution >= 4 is 11.6 Å². The van der Waals surface area contributed by atoms with E-state index in [-0.39, 0.29) is 11.9 Å². The highest BCUT2D eigenvalue weighted by molar-refractivity contribution is 5.95. The number of nitrogens with one attached hydrogen (secondary N) is 1. The predicted octanol–water partition coefficient (Wildman–Crippen LogP) is 0.728. The Hall–Kier alpha value is -1.79. The second kappa shape index (κ2) is 7.28. The van der Waals surface area contributed by atoms with Crippen LogP contribution in [0.25, 0.3) is 0 Å². The van der Waals surface area contributed by atoms with Gasteiger partial charge in [0.1, 0.15) is 5.75 Å². The van der Waals surface area contributed by atoms with E-state index in [1.807, 2.05) is 6.92 Å². The summed E-state index contributed by atoms with van der Waals surface area (Å²) in [6.07, 6.45) is 0. The zero-order chi connectivity index (χ0) is 15.2. The van der Waals surface area contributed by atoms with Gasteiger partial charge in [-0.05, 0) is 25.1 Å². The Bertz CT molecular complexity index is 487. The molecule has 0 spiro atoms. The molecule has 1 aromatic carbocycles. The molecule has 0 aliphatic carbocycles. The van der Waals surface area contributed by atoms with Crippen molar-refractivity contribution in [3.05, 3.63) is 23.8 Å². The summed E-state index contributed by atoms with van der Waals surface area (Å²) in [5, 5.41) is 3.00. The van der Waals surface area contributed by atoms with Crippen LogP contribution >= 0.6 is 0 Å². The molecule has 1 saturated heterocycles. The van der Waals surface area contributed by atoms with Gasteiger partial charge in [0, 0.05) is 31.2 Å². The number of carbonyl (C=O) groups excluding carboxylic acids is 1. The molecule has 6 nitrogen and oxygen atoms in total. The van der Waals surface area contributed by atoms with Crippen LogP contribution in [0.1, 0.15) is 17.3 Å². The molecular formula is C15H23N3O3. The first-order valence-electron chi connectivity index (χ1n) is 7.14. The van der Waals surface area contributed by atoms with Crippen molar-refractivity contribution in [2.45, 2.75) is 13.0 Å². The predicted molar refractivity (Wildman–Crippen MR) is 81.6 cm³/mol. The Morgan fingerprint density at radius 2 is 2.19 bits per heavy atom. The van der Waals surface area contributed by atoms with Crippen molar-refractivity contribution in [3.63, 3.8) is 0 Å². The van der Waals surface area contributed by atoms with E-state index in [0.29, 0.717) is 17.0 Å². The molecule has 0 aromatic heterocycles. The van der Waals surface area contributed by atoms with Crippen LogP contribution in [0, 0.1) is 0 Å². The lowest BCUT2D eigenvalue weighted by Gasteiger charge is -2.29. The van der Waals surface area contributed by atoms with Gasteiger partial charge in [-0.15, -0.1) is 0 Å². The number of methoxy groups -OCH3 is 1. The maximum atomic E-state index is 12.2. The molecule has 0 radical (unpaired) electrons. The number of hydrogen-bond donors (Lipinski definition) is 2. The Morgan fingerprint density at radius 1 is 1.48 bits per heavy atom. The third-order valence-electron chi connectivity index (χ3n) is 3.51. The van der Waals surface area contributed by atoms with E-state index in [0.717, 1.165) is 32.8 Å². The number of hydrogen-bond acceptors (Lipinski definition) is 5. The molecule has 1 amide bonds. The lowest BCUT2D eigenvalue weighted by Crippen LogP contribution is -2.46. The van der Waals surface area contributed by atoms with Crippen LogP contribution in [0.5, 0.6) is 5.75 Å². The highest BCUT2D eigenvalue weighted by Gasteiger charge is 2.16. The van der Waals surface area contributed by atoms with Crippen molar-refractivity contribution < 1.29 is 14.3 Å². The fourth-order valence-corrected chi connectivity index (χ4v) is 2.38. The Kier molecular flexibility index (Phi) is 5.41. The van der Waals surface area contributed by atoms with Gasteiger partial charge in [-0.25, -0.2) is 0 Å². The van der Waals surface area contributed by atoms with Crippen molar-refractivity contribution in [3.8, 4) is 5.75 Å². The molecule has 1 aliphatic rings. The van der Waals surface area contributed by atoms with Crippen LogP contribution in [0.3, 0.4) is 0 Å². The summed E-state index contributed by atoms with van der Waals surface area (Å²) in [4.78, 5) is 14.5. The monoisotopic (exact) mass is 293 g/mol. The fourth-order valence-electron chi connectivity index (χ4n) is 2.38. The van der Waals surface area contributed by atoms with Gasteiger partial charge in [0.2, 0.25) is 0 Å². The molecule has 1 fully saturated rings. The van der Waals surface area contributed by atoms with Crippen LogP contribution in [0.4, 0.5) is 5.69 Å². The summed E-state index contributed by atoms with van der Waals surface area (Å²) in [6.45, 7) is 6.17. The van der Waals surface area contributed by atoms with Gasteiger partial charge in [-0.2, -0.15) is 0 Å². The first-order valence-corrected chi connectivity index (χ1v) is 7.14. The third-order valence-corrected chi connectivity index (χ3v) is 3.51. The summed E-state index contributed by atoms with van der Waals surface area (Å²) < 4.78 is 10.4. The molecule has 21 heavy (non-hydrogen) atoms. The molecule has 1 aliphatic heterocycles. The van der Waals surface area contributed by atoms with Crippen LogP contribution in [-0.2, 0) is 4.74 Å². The summed E-state index contributed by atoms with van der Waals surface area (Å²) in [6, 6.07) is 5.11. The van der Waals surface area contributed by atoms with Crippen LogP contribution in [-0.4, -0.2) is 56.8 Å². The minimum atomic E-state index is -0.117. The van der Waals surface area contributed by atoms with E-state index >= 15 is 0 Å². The number of ether oxygens (including phenoxy) is 2. The standard InChI is InChI=1S/C15H23N3O3/c1-11(10-18-5-7-21-8-6-18)17-15(19)12-3-4-13(16)14(9-12)20-2/h3-4,9,11H,5-8,10,16H2,1-2H3,(H,17,19). The van der Waals surface area contributed by atoms with Crippen LogP contribution in [0.15, 0.2) is 18.2 Å². The first kappa shape index (κ1) is 15.6. The van der Waals surface area contributed by atoms with Crippen molar-refractivity contribution in [1.82, 2.24) is 10.2 Å². The Morgan fingerprint density at radius 3 is 2.86 bits per heavy atom. The molecule has 6 heteroatoms. The average molecular weight is 293 g/mol. The van der Waals surface area contributed by atoms with Gasteiger partial charge in [0.05, 0.1) is 26.0 Å². The van der Waals surface area contributed by atoms with Gasteiger partial charge in [-0.1, -0.05) is 0 Å². The molecule has 116 valence electrons. The number of benzene rings is 1. The molecule has 3 N–H and O–H groups in total. The minimum absolute atomic E-state index is 0.0687. The van der Waals surface area contributed by atoms with E-state index in [1.54, 1.807) is 18.2 Å². The number of nitrogens with two attached hydrogens (primary N) is 1. The Balaban J connectivity index is 1.90. The van der Waals surface area contributed by atoms with E-state index in [1.165, 1.54) is 7.11 Å². The first-order chi connectivity index (χ1) is 10.1. The maximum Gasteiger partial charge on any atom is 0.251 e. The van der Waals surface area contributed by atoms with E-state index in [2.05, 4.69) is 10.2 Å². The summed E-state index contributed by atoms with van der Waals surface area (Å²) in [7, 11) is 1.54. The zero-order valence-corrected chi connectivity index (χ0v) is 12.6. The minimum Gasteiger partial charge on any atom is -0.495 e. The molecule has 1 heterocycles. The number of amides is 1. The quantitative estimate of drug-likeness (QED) is 0.783. The van der Waals surface area contributed by atoms with Gasteiger partial charge in [0.25, 0.3) is 5.91 Å². The normalized spacial score (nSPS) is 17.2. The van der Waals surface area contributed by atoms with E-state index < -0.39 is 0 Å². The molecule has 0 bridgehead atoms. The number of anilines is 1. The number of morpholine rings is 1. The lowest BCUT2D eigenvalue weighted by atomic mass is 10.1. The average Bonchev–Trinajstić information content (AvgIpc) is 2.48. The number of nitrogens with zero attached hydrogens (tertiary/aromatic N) is 1. The SMILES string of the molecule is COc1cc(C(=O)NC(C)CN2CCOCC2)ccc1N. The highest BCUT2D eigenvalue weighted by Crippen LogP contribution is 2.22. The summed E-state index contributed by atoms with van der Waals surface area (Å²) in [5.41, 5.74) is 6.82. The number of nitrogen functional groups attached to an aromatic ring is 1. The second-order valence-electron chi connectivity index (χ2n) is 5.24. The second-order valence-corrected chi connectivity index (χ2v) is 5.24. The largest absolute Gasteiger partial charge is 0.495 e. The van der Waals surface area contributed by atoms with Gasteiger partial charge in [0.15, 0.2) is 0 Å². The van der Waals surface area contributed by atoms with Crippen molar-refractivity contribution in [1.29, 1.82) is 0 Å². The molecule has 1 unspecified atom stereocenters. The maximum absolute atomic E-state index is 12.2. The molecule has 1 atom stereocenters. The number of carbonyl (C=O) groups is 1. The molecular weight excluding hydrogens is 270 g/mol. The van der Waals surface area contributed by atoms with Crippen LogP contribution in [0.2, 0.25) is 0 Å². The van der Waals surface area contributed by atoms with Crippen molar-refractivity contribution in [2.75, 3.05) is 45.7 Å². The zero-order valence-electron chi connectivity index (χ0n) is 12.6. The molecule has 2 rings (SSSR count). The van der Waals surface area contributed by atoms with E-state index in [9.17, 15) is 4.79 Å². The smallest absolute Gasteiger partial charge is 0.251 e. The van der Waals surface area contributed by atoms with Gasteiger partial charge >= 0.3 is 0 Å². The third kappa shape index (κ3) is 4.34. The Labute approximate surface area is 125 Å². The number of rotatable bonds is 5. The van der Waals surface area contributed by atoms with Crippen molar-refractivity contribution in [2.24, 2.45) is 0 Å². The topological polar surface area (TPSA) is 76.8 Å². The fraction of sp³-hybridized carbons (Fsp3) is 0.533. The van der Waals surface area contributed by atoms with Crippen LogP contribution < -0.4 is 15.8 Å². The highest BCUT2D eigenvalue weighted by atomic mass is 16.5. The van der Waals surface area contributed by atoms with Gasteiger partial charge in [-0.3, -0.25) is 9.69 Å². The van der Waals surface area contributed by atoms with E-state index in [4.69, 9.17) is 15.2 Å². The summed E-state index contributed by atoms with van der Waals surface area (Å²) in [5.74, 6) is 0.401. The summed E-state index contributed by atoms with van der Waals surface area (Å²) >= 11 is 0. The molecule has 1 aromatic rings. The molecule has 0 saturated carbocycles. The van der Waals surface area contributed by atoms with Gasteiger partial charge < -0.3 is 20.5 Å². The lowest BCUT2D eigenvalue weighted by molar-refractivity contribution is 0.0342.